The minimum atomic E-state index is -1.51. The lowest BCUT2D eigenvalue weighted by Crippen LogP contribution is -2.01. The molecule has 0 spiro atoms. The molecule has 0 fully saturated rings. The van der Waals surface area contributed by atoms with Crippen LogP contribution in [-0.2, 0) is 20.5 Å². The second-order valence-corrected chi connectivity index (χ2v) is 6.90. The van der Waals surface area contributed by atoms with E-state index in [0.717, 1.165) is 12.8 Å². The van der Waals surface area contributed by atoms with Gasteiger partial charge in [0.15, 0.2) is 11.1 Å². The summed E-state index contributed by atoms with van der Waals surface area (Å²) in [7, 11) is 0. The summed E-state index contributed by atoms with van der Waals surface area (Å²) in [5.74, 6) is 0.429. The smallest absolute Gasteiger partial charge is 0.190 e. The van der Waals surface area contributed by atoms with Crippen molar-refractivity contribution in [2.24, 2.45) is 0 Å². The van der Waals surface area contributed by atoms with E-state index in [1.165, 1.54) is 77.0 Å². The maximum Gasteiger partial charge on any atom is 0.190 e. The van der Waals surface area contributed by atoms with E-state index in [1.807, 2.05) is 0 Å². The van der Waals surface area contributed by atoms with Gasteiger partial charge in [0.25, 0.3) is 0 Å². The first-order valence-electron chi connectivity index (χ1n) is 8.68. The Kier molecular flexibility index (Phi) is 18.1. The molecule has 0 aliphatic rings. The molecule has 0 radical (unpaired) electrons. The van der Waals surface area contributed by atoms with E-state index < -0.39 is 11.1 Å². The van der Waals surface area contributed by atoms with Crippen molar-refractivity contribution in [3.05, 3.63) is 0 Å². The molecule has 0 bridgehead atoms. The molecule has 128 valence electrons. The minimum absolute atomic E-state index is 0.429. The van der Waals surface area contributed by atoms with Gasteiger partial charge in [-0.2, -0.15) is 0 Å². The number of hydrogen-bond acceptors (Lipinski definition) is 4. The summed E-state index contributed by atoms with van der Waals surface area (Å²) in [5, 5.41) is 11.3. The molecule has 4 nitrogen and oxygen atoms in total. The van der Waals surface area contributed by atoms with Crippen molar-refractivity contribution in [2.45, 2.75) is 96.8 Å². The number of unbranched alkanes of at least 4 members (excludes halogenated alkanes) is 13. The van der Waals surface area contributed by atoms with Crippen LogP contribution in [0.25, 0.3) is 0 Å². The van der Waals surface area contributed by atoms with Gasteiger partial charge in [-0.05, 0) is 6.42 Å². The molecule has 1 atom stereocenters. The summed E-state index contributed by atoms with van der Waals surface area (Å²) in [4.78, 5) is 0. The zero-order valence-electron chi connectivity index (χ0n) is 13.7. The molecule has 0 saturated heterocycles. The van der Waals surface area contributed by atoms with Crippen molar-refractivity contribution in [1.29, 1.82) is 0 Å². The van der Waals surface area contributed by atoms with Gasteiger partial charge in [0.2, 0.25) is 0 Å². The molecule has 21 heavy (non-hydrogen) atoms. The normalized spacial score (nSPS) is 12.7. The molecule has 0 rings (SSSR count). The van der Waals surface area contributed by atoms with Gasteiger partial charge in [-0.25, -0.2) is 9.47 Å². The molecule has 0 amide bonds. The Hall–Kier alpha value is 0.0300. The third-order valence-electron chi connectivity index (χ3n) is 3.77. The molecular formula is C16H34O4S. The van der Waals surface area contributed by atoms with E-state index in [-0.39, 0.29) is 0 Å². The molecule has 0 aliphatic carbocycles. The first-order chi connectivity index (χ1) is 10.3. The molecular weight excluding hydrogens is 288 g/mol. The van der Waals surface area contributed by atoms with E-state index in [2.05, 4.69) is 16.3 Å². The molecule has 5 heteroatoms. The zero-order valence-corrected chi connectivity index (χ0v) is 14.5. The van der Waals surface area contributed by atoms with Crippen LogP contribution in [0.15, 0.2) is 0 Å². The van der Waals surface area contributed by atoms with Gasteiger partial charge in [-0.15, -0.1) is 4.33 Å². The lowest BCUT2D eigenvalue weighted by Gasteiger charge is -2.03. The average molecular weight is 323 g/mol. The van der Waals surface area contributed by atoms with Crippen LogP contribution in [0.4, 0.5) is 0 Å². The Morgan fingerprint density at radius 2 is 1.10 bits per heavy atom. The van der Waals surface area contributed by atoms with Gasteiger partial charge in [-0.1, -0.05) is 95.4 Å². The topological polar surface area (TPSA) is 55.8 Å². The number of hydrogen-bond donors (Lipinski definition) is 1. The third-order valence-corrected chi connectivity index (χ3v) is 4.61. The SMILES string of the molecule is CCCCCCCCCCCCCCCCS(=O)OOO. The first-order valence-corrected chi connectivity index (χ1v) is 9.92. The fourth-order valence-electron chi connectivity index (χ4n) is 2.48. The minimum Gasteiger partial charge on any atom is -0.227 e. The van der Waals surface area contributed by atoms with Crippen molar-refractivity contribution in [3.8, 4) is 0 Å². The largest absolute Gasteiger partial charge is 0.227 e. The van der Waals surface area contributed by atoms with Crippen molar-refractivity contribution < 1.29 is 18.8 Å². The second-order valence-electron chi connectivity index (χ2n) is 5.75. The summed E-state index contributed by atoms with van der Waals surface area (Å²) < 4.78 is 15.0. The standard InChI is InChI=1S/C16H34O4S/c1-2-3-4-5-6-7-8-9-10-11-12-13-14-15-16-21(18)20-19-17/h17H,2-16H2,1H3. The zero-order chi connectivity index (χ0) is 15.6. The highest BCUT2D eigenvalue weighted by molar-refractivity contribution is 7.80. The Morgan fingerprint density at radius 3 is 1.48 bits per heavy atom. The molecule has 1 N–H and O–H groups in total. The predicted molar refractivity (Wildman–Crippen MR) is 88.1 cm³/mol. The van der Waals surface area contributed by atoms with Gasteiger partial charge in [-0.3, -0.25) is 0 Å². The summed E-state index contributed by atoms with van der Waals surface area (Å²) in [6.45, 7) is 2.26. The van der Waals surface area contributed by atoms with E-state index in [1.54, 1.807) is 0 Å². The van der Waals surface area contributed by atoms with Crippen molar-refractivity contribution >= 4 is 11.1 Å². The van der Waals surface area contributed by atoms with E-state index in [4.69, 9.17) is 5.26 Å². The quantitative estimate of drug-likeness (QED) is 0.217. The monoisotopic (exact) mass is 322 g/mol. The fraction of sp³-hybridized carbons (Fsp3) is 1.00. The van der Waals surface area contributed by atoms with Crippen molar-refractivity contribution in [3.63, 3.8) is 0 Å². The van der Waals surface area contributed by atoms with Crippen LogP contribution in [0, 0.1) is 0 Å². The second kappa shape index (κ2) is 18.1. The first kappa shape index (κ1) is 21.0. The molecule has 0 saturated carbocycles. The fourth-order valence-corrected chi connectivity index (χ4v) is 3.06. The lowest BCUT2D eigenvalue weighted by molar-refractivity contribution is -0.435. The molecule has 0 heterocycles. The van der Waals surface area contributed by atoms with E-state index >= 15 is 0 Å². The van der Waals surface area contributed by atoms with Gasteiger partial charge in [0, 0.05) is 0 Å². The van der Waals surface area contributed by atoms with Gasteiger partial charge >= 0.3 is 0 Å². The van der Waals surface area contributed by atoms with Gasteiger partial charge in [0.05, 0.1) is 5.75 Å². The summed E-state index contributed by atoms with van der Waals surface area (Å²) >= 11 is -1.51. The summed E-state index contributed by atoms with van der Waals surface area (Å²) in [6.07, 6.45) is 18.2. The van der Waals surface area contributed by atoms with Crippen molar-refractivity contribution in [2.75, 3.05) is 5.75 Å². The van der Waals surface area contributed by atoms with Crippen LogP contribution in [0.1, 0.15) is 96.8 Å². The van der Waals surface area contributed by atoms with Gasteiger partial charge in [0.1, 0.15) is 0 Å². The number of rotatable bonds is 17. The summed E-state index contributed by atoms with van der Waals surface area (Å²) in [5.41, 5.74) is 0. The average Bonchev–Trinajstić information content (AvgIpc) is 2.48. The molecule has 1 unspecified atom stereocenters. The Balaban J connectivity index is 3.01. The van der Waals surface area contributed by atoms with Crippen LogP contribution in [0.2, 0.25) is 0 Å². The predicted octanol–water partition coefficient (Wildman–Crippen LogP) is 5.55. The highest BCUT2D eigenvalue weighted by atomic mass is 32.2. The van der Waals surface area contributed by atoms with Gasteiger partial charge < -0.3 is 0 Å². The highest BCUT2D eigenvalue weighted by Crippen LogP contribution is 2.13. The van der Waals surface area contributed by atoms with Crippen LogP contribution in [0.5, 0.6) is 0 Å². The van der Waals surface area contributed by atoms with Crippen LogP contribution in [-0.4, -0.2) is 15.2 Å². The highest BCUT2D eigenvalue weighted by Gasteiger charge is 2.00. The molecule has 0 aromatic carbocycles. The maximum atomic E-state index is 11.0. The Labute approximate surface area is 133 Å². The Bertz CT molecular complexity index is 224. The van der Waals surface area contributed by atoms with E-state index in [0.29, 0.717) is 5.75 Å². The van der Waals surface area contributed by atoms with E-state index in [9.17, 15) is 4.21 Å². The molecule has 0 aromatic heterocycles. The van der Waals surface area contributed by atoms with Crippen LogP contribution >= 0.6 is 0 Å². The summed E-state index contributed by atoms with van der Waals surface area (Å²) in [6, 6.07) is 0. The molecule has 0 aliphatic heterocycles. The Morgan fingerprint density at radius 1 is 0.714 bits per heavy atom. The van der Waals surface area contributed by atoms with Crippen molar-refractivity contribution in [1.82, 2.24) is 0 Å². The maximum absolute atomic E-state index is 11.0. The molecule has 0 aromatic rings. The lowest BCUT2D eigenvalue weighted by atomic mass is 10.0. The third kappa shape index (κ3) is 18.0. The van der Waals surface area contributed by atoms with Crippen LogP contribution in [0.3, 0.4) is 0 Å². The van der Waals surface area contributed by atoms with Crippen LogP contribution < -0.4 is 0 Å².